The molecule has 1 aromatic rings. The van der Waals surface area contributed by atoms with Crippen LogP contribution in [0.3, 0.4) is 0 Å². The summed E-state index contributed by atoms with van der Waals surface area (Å²) in [5.74, 6) is 0. The van der Waals surface area contributed by atoms with Crippen molar-refractivity contribution in [2.24, 2.45) is 0 Å². The van der Waals surface area contributed by atoms with Crippen LogP contribution in [-0.4, -0.2) is 24.0 Å². The lowest BCUT2D eigenvalue weighted by Crippen LogP contribution is -2.12. The fourth-order valence-electron chi connectivity index (χ4n) is 1.33. The Hall–Kier alpha value is -2.04. The van der Waals surface area contributed by atoms with Crippen LogP contribution in [-0.2, 0) is 15.9 Å². The number of hydrogen-bond donors (Lipinski definition) is 1. The van der Waals surface area contributed by atoms with Gasteiger partial charge in [0.2, 0.25) is 0 Å². The minimum Gasteiger partial charge on any atom is -0.449 e. The molecule has 0 atom stereocenters. The molecule has 0 amide bonds. The van der Waals surface area contributed by atoms with Gasteiger partial charge in [0.15, 0.2) is 0 Å². The molecule has 5 heteroatoms. The SMILES string of the molecule is O=C(O)OC(=O)OCCCCc1ccccc1. The summed E-state index contributed by atoms with van der Waals surface area (Å²) < 4.78 is 8.32. The monoisotopic (exact) mass is 238 g/mol. The molecule has 0 aliphatic rings. The van der Waals surface area contributed by atoms with Crippen LogP contribution in [0.1, 0.15) is 18.4 Å². The molecular formula is C12H14O5. The molecule has 0 saturated carbocycles. The Bertz CT molecular complexity index is 360. The maximum Gasteiger partial charge on any atom is 0.518 e. The molecule has 92 valence electrons. The van der Waals surface area contributed by atoms with Crippen molar-refractivity contribution in [2.75, 3.05) is 6.61 Å². The fraction of sp³-hybridized carbons (Fsp3) is 0.333. The zero-order valence-electron chi connectivity index (χ0n) is 9.30. The second kappa shape index (κ2) is 7.27. The summed E-state index contributed by atoms with van der Waals surface area (Å²) in [5, 5.41) is 8.11. The van der Waals surface area contributed by atoms with E-state index < -0.39 is 12.3 Å². The summed E-state index contributed by atoms with van der Waals surface area (Å²) in [6.45, 7) is 0.166. The van der Waals surface area contributed by atoms with Gasteiger partial charge in [-0.05, 0) is 24.8 Å². The Labute approximate surface area is 99.0 Å². The molecule has 0 bridgehead atoms. The summed E-state index contributed by atoms with van der Waals surface area (Å²) in [5.41, 5.74) is 1.22. The first-order chi connectivity index (χ1) is 8.18. The predicted molar refractivity (Wildman–Crippen MR) is 59.8 cm³/mol. The molecule has 0 aliphatic heterocycles. The van der Waals surface area contributed by atoms with Crippen LogP contribution in [0.25, 0.3) is 0 Å². The standard InChI is InChI=1S/C12H14O5/c13-11(14)17-12(15)16-9-5-4-8-10-6-2-1-3-7-10/h1-3,6-7H,4-5,8-9H2,(H,13,14). The molecule has 0 saturated heterocycles. The number of carboxylic acid groups (broad SMARTS) is 1. The lowest BCUT2D eigenvalue weighted by molar-refractivity contribution is 0.0538. The number of unbranched alkanes of at least 4 members (excludes halogenated alkanes) is 1. The van der Waals surface area contributed by atoms with Gasteiger partial charge < -0.3 is 14.6 Å². The molecule has 5 nitrogen and oxygen atoms in total. The number of carbonyl (C=O) groups excluding carboxylic acids is 1. The topological polar surface area (TPSA) is 72.8 Å². The summed E-state index contributed by atoms with van der Waals surface area (Å²) in [4.78, 5) is 20.6. The summed E-state index contributed by atoms with van der Waals surface area (Å²) in [6.07, 6.45) is -0.386. The molecule has 1 aromatic carbocycles. The van der Waals surface area contributed by atoms with Gasteiger partial charge >= 0.3 is 12.3 Å². The van der Waals surface area contributed by atoms with Gasteiger partial charge in [0.25, 0.3) is 0 Å². The third-order valence-electron chi connectivity index (χ3n) is 2.09. The van der Waals surface area contributed by atoms with E-state index in [1.54, 1.807) is 0 Å². The molecular weight excluding hydrogens is 224 g/mol. The summed E-state index contributed by atoms with van der Waals surface area (Å²) in [7, 11) is 0. The molecule has 17 heavy (non-hydrogen) atoms. The number of ether oxygens (including phenoxy) is 2. The zero-order valence-corrected chi connectivity index (χ0v) is 9.30. The summed E-state index contributed by atoms with van der Waals surface area (Å²) >= 11 is 0. The van der Waals surface area contributed by atoms with Crippen molar-refractivity contribution < 1.29 is 24.2 Å². The molecule has 1 N–H and O–H groups in total. The van der Waals surface area contributed by atoms with Crippen molar-refractivity contribution in [3.63, 3.8) is 0 Å². The van der Waals surface area contributed by atoms with Gasteiger partial charge in [-0.25, -0.2) is 9.59 Å². The molecule has 0 spiro atoms. The maximum absolute atomic E-state index is 10.7. The summed E-state index contributed by atoms with van der Waals surface area (Å²) in [6, 6.07) is 9.94. The van der Waals surface area contributed by atoms with Gasteiger partial charge in [0.1, 0.15) is 0 Å². The van der Waals surface area contributed by atoms with Gasteiger partial charge in [0.05, 0.1) is 6.61 Å². The van der Waals surface area contributed by atoms with Gasteiger partial charge in [-0.3, -0.25) is 0 Å². The minimum absolute atomic E-state index is 0.166. The molecule has 0 heterocycles. The normalized spacial score (nSPS) is 9.65. The fourth-order valence-corrected chi connectivity index (χ4v) is 1.33. The largest absolute Gasteiger partial charge is 0.518 e. The lowest BCUT2D eigenvalue weighted by atomic mass is 10.1. The van der Waals surface area contributed by atoms with Crippen molar-refractivity contribution in [3.8, 4) is 0 Å². The predicted octanol–water partition coefficient (Wildman–Crippen LogP) is 2.84. The molecule has 0 aromatic heterocycles. The molecule has 1 rings (SSSR count). The van der Waals surface area contributed by atoms with Gasteiger partial charge in [-0.1, -0.05) is 30.3 Å². The van der Waals surface area contributed by atoms with E-state index in [2.05, 4.69) is 9.47 Å². The van der Waals surface area contributed by atoms with Gasteiger partial charge in [-0.15, -0.1) is 0 Å². The Morgan fingerprint density at radius 2 is 1.82 bits per heavy atom. The van der Waals surface area contributed by atoms with Crippen LogP contribution >= 0.6 is 0 Å². The Morgan fingerprint density at radius 3 is 2.47 bits per heavy atom. The van der Waals surface area contributed by atoms with Crippen molar-refractivity contribution in [3.05, 3.63) is 35.9 Å². The molecule has 0 fully saturated rings. The number of aryl methyl sites for hydroxylation is 1. The quantitative estimate of drug-likeness (QED) is 0.485. The van der Waals surface area contributed by atoms with Crippen LogP contribution in [0.15, 0.2) is 30.3 Å². The number of benzene rings is 1. The van der Waals surface area contributed by atoms with E-state index in [4.69, 9.17) is 5.11 Å². The van der Waals surface area contributed by atoms with E-state index >= 15 is 0 Å². The zero-order chi connectivity index (χ0) is 12.5. The van der Waals surface area contributed by atoms with E-state index in [-0.39, 0.29) is 6.61 Å². The number of carbonyl (C=O) groups is 2. The highest BCUT2D eigenvalue weighted by molar-refractivity contribution is 5.75. The van der Waals surface area contributed by atoms with Crippen LogP contribution in [0.4, 0.5) is 9.59 Å². The van der Waals surface area contributed by atoms with Crippen molar-refractivity contribution >= 4 is 12.3 Å². The third kappa shape index (κ3) is 6.19. The van der Waals surface area contributed by atoms with E-state index in [1.807, 2.05) is 30.3 Å². The van der Waals surface area contributed by atoms with Crippen LogP contribution < -0.4 is 0 Å². The molecule has 0 aliphatic carbocycles. The van der Waals surface area contributed by atoms with Crippen LogP contribution in [0, 0.1) is 0 Å². The first-order valence-electron chi connectivity index (χ1n) is 5.30. The highest BCUT2D eigenvalue weighted by atomic mass is 16.8. The first-order valence-corrected chi connectivity index (χ1v) is 5.30. The lowest BCUT2D eigenvalue weighted by Gasteiger charge is -2.03. The van der Waals surface area contributed by atoms with Gasteiger partial charge in [-0.2, -0.15) is 0 Å². The van der Waals surface area contributed by atoms with Crippen molar-refractivity contribution in [1.82, 2.24) is 0 Å². The van der Waals surface area contributed by atoms with E-state index in [0.717, 1.165) is 12.8 Å². The smallest absolute Gasteiger partial charge is 0.449 e. The van der Waals surface area contributed by atoms with Gasteiger partial charge in [0, 0.05) is 0 Å². The Balaban J connectivity index is 2.05. The van der Waals surface area contributed by atoms with E-state index in [9.17, 15) is 9.59 Å². The van der Waals surface area contributed by atoms with E-state index in [1.165, 1.54) is 5.56 Å². The van der Waals surface area contributed by atoms with E-state index in [0.29, 0.717) is 6.42 Å². The Kier molecular flexibility index (Phi) is 5.57. The number of rotatable bonds is 5. The maximum atomic E-state index is 10.7. The highest BCUT2D eigenvalue weighted by Crippen LogP contribution is 2.04. The Morgan fingerprint density at radius 1 is 1.12 bits per heavy atom. The average molecular weight is 238 g/mol. The third-order valence-corrected chi connectivity index (χ3v) is 2.09. The van der Waals surface area contributed by atoms with Crippen molar-refractivity contribution in [1.29, 1.82) is 0 Å². The van der Waals surface area contributed by atoms with Crippen LogP contribution in [0.2, 0.25) is 0 Å². The van der Waals surface area contributed by atoms with Crippen molar-refractivity contribution in [2.45, 2.75) is 19.3 Å². The minimum atomic E-state index is -1.65. The average Bonchev–Trinajstić information content (AvgIpc) is 2.29. The number of hydrogen-bond acceptors (Lipinski definition) is 4. The second-order valence-electron chi connectivity index (χ2n) is 3.41. The second-order valence-corrected chi connectivity index (χ2v) is 3.41. The first kappa shape index (κ1) is 13.0. The molecule has 0 unspecified atom stereocenters. The molecule has 0 radical (unpaired) electrons. The van der Waals surface area contributed by atoms with Crippen LogP contribution in [0.5, 0.6) is 0 Å². The highest BCUT2D eigenvalue weighted by Gasteiger charge is 2.08.